The van der Waals surface area contributed by atoms with Gasteiger partial charge in [-0.05, 0) is 31.0 Å². The zero-order valence-electron chi connectivity index (χ0n) is 9.68. The predicted octanol–water partition coefficient (Wildman–Crippen LogP) is 2.80. The molecule has 0 amide bonds. The average Bonchev–Trinajstić information content (AvgIpc) is 2.75. The molecule has 1 aromatic carbocycles. The third-order valence-corrected chi connectivity index (χ3v) is 2.61. The quantitative estimate of drug-likeness (QED) is 0.762. The van der Waals surface area contributed by atoms with E-state index in [9.17, 15) is 0 Å². The molecule has 0 saturated carbocycles. The number of hydrogen-bond acceptors (Lipinski definition) is 3. The Bertz CT molecular complexity index is 412. The second-order valence-corrected chi connectivity index (χ2v) is 4.05. The molecule has 1 aliphatic heterocycles. The molecule has 0 aromatic heterocycles. The molecule has 1 heterocycles. The van der Waals surface area contributed by atoms with Gasteiger partial charge < -0.3 is 4.74 Å². The second-order valence-electron chi connectivity index (χ2n) is 4.05. The summed E-state index contributed by atoms with van der Waals surface area (Å²) >= 11 is 0. The summed E-state index contributed by atoms with van der Waals surface area (Å²) in [6.07, 6.45) is 4.46. The van der Waals surface area contributed by atoms with Gasteiger partial charge in [-0.1, -0.05) is 19.1 Å². The van der Waals surface area contributed by atoms with Crippen molar-refractivity contribution in [2.45, 2.75) is 25.8 Å². The van der Waals surface area contributed by atoms with Gasteiger partial charge >= 0.3 is 0 Å². The highest BCUT2D eigenvalue weighted by atomic mass is 16.5. The molecule has 1 aliphatic rings. The summed E-state index contributed by atoms with van der Waals surface area (Å²) in [7, 11) is 0. The number of nitrogens with zero attached hydrogens (tertiary/aromatic N) is 2. The summed E-state index contributed by atoms with van der Waals surface area (Å²) < 4.78 is 5.60. The van der Waals surface area contributed by atoms with Gasteiger partial charge in [0.15, 0.2) is 0 Å². The Hall–Kier alpha value is -1.64. The molecule has 0 aliphatic carbocycles. The Balaban J connectivity index is 2.22. The minimum atomic E-state index is -0.328. The van der Waals surface area contributed by atoms with Crippen molar-refractivity contribution >= 4 is 12.6 Å². The molecule has 0 saturated heterocycles. The fourth-order valence-electron chi connectivity index (χ4n) is 1.63. The number of hydrogen-bond donors (Lipinski definition) is 0. The molecule has 0 radical (unpaired) electrons. The van der Waals surface area contributed by atoms with E-state index in [2.05, 4.69) is 16.9 Å². The monoisotopic (exact) mass is 216 g/mol. The lowest BCUT2D eigenvalue weighted by Crippen LogP contribution is -2.18. The SMILES string of the molecule is CCCOc1cccc(C2(C)C=NC=N2)c1. The van der Waals surface area contributed by atoms with E-state index in [1.54, 1.807) is 6.34 Å². The molecule has 3 heteroatoms. The van der Waals surface area contributed by atoms with Crippen molar-refractivity contribution in [2.24, 2.45) is 9.98 Å². The summed E-state index contributed by atoms with van der Waals surface area (Å²) in [6, 6.07) is 8.05. The van der Waals surface area contributed by atoms with Gasteiger partial charge in [-0.3, -0.25) is 4.99 Å². The van der Waals surface area contributed by atoms with E-state index in [-0.39, 0.29) is 5.54 Å². The first-order valence-corrected chi connectivity index (χ1v) is 5.56. The Morgan fingerprint density at radius 3 is 2.94 bits per heavy atom. The Labute approximate surface area is 95.9 Å². The van der Waals surface area contributed by atoms with Crippen molar-refractivity contribution in [3.8, 4) is 5.75 Å². The van der Waals surface area contributed by atoms with E-state index in [4.69, 9.17) is 4.74 Å². The molecule has 0 spiro atoms. The van der Waals surface area contributed by atoms with Crippen molar-refractivity contribution in [2.75, 3.05) is 6.61 Å². The van der Waals surface area contributed by atoms with Gasteiger partial charge in [0.1, 0.15) is 17.6 Å². The third-order valence-electron chi connectivity index (χ3n) is 2.61. The van der Waals surface area contributed by atoms with Crippen LogP contribution in [-0.2, 0) is 5.54 Å². The predicted molar refractivity (Wildman–Crippen MR) is 66.6 cm³/mol. The number of aliphatic imine (C=N–C) groups is 2. The Morgan fingerprint density at radius 2 is 2.25 bits per heavy atom. The van der Waals surface area contributed by atoms with Crippen LogP contribution < -0.4 is 4.74 Å². The fraction of sp³-hybridized carbons (Fsp3) is 0.385. The van der Waals surface area contributed by atoms with Gasteiger partial charge in [0.25, 0.3) is 0 Å². The molecule has 16 heavy (non-hydrogen) atoms. The highest BCUT2D eigenvalue weighted by Crippen LogP contribution is 2.28. The number of rotatable bonds is 4. The molecule has 1 unspecified atom stereocenters. The van der Waals surface area contributed by atoms with Crippen LogP contribution >= 0.6 is 0 Å². The highest BCUT2D eigenvalue weighted by Gasteiger charge is 2.25. The van der Waals surface area contributed by atoms with Crippen molar-refractivity contribution in [3.05, 3.63) is 29.8 Å². The minimum Gasteiger partial charge on any atom is -0.494 e. The molecule has 0 fully saturated rings. The van der Waals surface area contributed by atoms with E-state index in [0.29, 0.717) is 0 Å². The van der Waals surface area contributed by atoms with Crippen LogP contribution in [0.4, 0.5) is 0 Å². The largest absolute Gasteiger partial charge is 0.494 e. The smallest absolute Gasteiger partial charge is 0.120 e. The van der Waals surface area contributed by atoms with Crippen LogP contribution in [0.25, 0.3) is 0 Å². The van der Waals surface area contributed by atoms with Crippen molar-refractivity contribution < 1.29 is 4.74 Å². The summed E-state index contributed by atoms with van der Waals surface area (Å²) in [5.41, 5.74) is 0.782. The Kier molecular flexibility index (Phi) is 3.04. The van der Waals surface area contributed by atoms with Gasteiger partial charge in [0.2, 0.25) is 0 Å². The molecule has 0 bridgehead atoms. The minimum absolute atomic E-state index is 0.328. The van der Waals surface area contributed by atoms with E-state index < -0.39 is 0 Å². The van der Waals surface area contributed by atoms with Crippen LogP contribution in [0.15, 0.2) is 34.3 Å². The van der Waals surface area contributed by atoms with E-state index in [0.717, 1.165) is 24.3 Å². The maximum atomic E-state index is 5.60. The van der Waals surface area contributed by atoms with Crippen LogP contribution in [0.2, 0.25) is 0 Å². The van der Waals surface area contributed by atoms with Crippen molar-refractivity contribution in [1.29, 1.82) is 0 Å². The fourth-order valence-corrected chi connectivity index (χ4v) is 1.63. The first kappa shape index (κ1) is 10.9. The normalized spacial score (nSPS) is 22.6. The molecular formula is C13H16N2O. The van der Waals surface area contributed by atoms with Crippen LogP contribution in [0.5, 0.6) is 5.75 Å². The number of ether oxygens (including phenoxy) is 1. The van der Waals surface area contributed by atoms with Crippen LogP contribution in [0.3, 0.4) is 0 Å². The van der Waals surface area contributed by atoms with E-state index >= 15 is 0 Å². The molecule has 3 nitrogen and oxygen atoms in total. The molecule has 0 N–H and O–H groups in total. The lowest BCUT2D eigenvalue weighted by atomic mass is 9.94. The molecule has 1 aromatic rings. The first-order chi connectivity index (χ1) is 7.74. The van der Waals surface area contributed by atoms with Crippen molar-refractivity contribution in [1.82, 2.24) is 0 Å². The standard InChI is InChI=1S/C13H16N2O/c1-3-7-16-12-6-4-5-11(8-12)13(2)9-14-10-15-13/h4-6,8-10H,3,7H2,1-2H3. The summed E-state index contributed by atoms with van der Waals surface area (Å²) in [5.74, 6) is 0.899. The zero-order chi connectivity index (χ0) is 11.4. The Morgan fingerprint density at radius 1 is 1.38 bits per heavy atom. The van der Waals surface area contributed by atoms with Crippen LogP contribution in [0, 0.1) is 0 Å². The lowest BCUT2D eigenvalue weighted by molar-refractivity contribution is 0.317. The van der Waals surface area contributed by atoms with Gasteiger partial charge in [-0.25, -0.2) is 4.99 Å². The van der Waals surface area contributed by atoms with Gasteiger partial charge in [-0.2, -0.15) is 0 Å². The maximum Gasteiger partial charge on any atom is 0.120 e. The number of benzene rings is 1. The molecular weight excluding hydrogens is 200 g/mol. The summed E-state index contributed by atoms with van der Waals surface area (Å²) in [5, 5.41) is 0. The van der Waals surface area contributed by atoms with Gasteiger partial charge in [0.05, 0.1) is 6.61 Å². The van der Waals surface area contributed by atoms with Crippen molar-refractivity contribution in [3.63, 3.8) is 0 Å². The highest BCUT2D eigenvalue weighted by molar-refractivity contribution is 5.86. The van der Waals surface area contributed by atoms with E-state index in [1.165, 1.54) is 0 Å². The molecule has 84 valence electrons. The summed E-state index contributed by atoms with van der Waals surface area (Å²) in [4.78, 5) is 8.40. The molecule has 1 atom stereocenters. The van der Waals surface area contributed by atoms with Gasteiger partial charge in [0, 0.05) is 6.21 Å². The lowest BCUT2D eigenvalue weighted by Gasteiger charge is -2.18. The third kappa shape index (κ3) is 2.13. The van der Waals surface area contributed by atoms with E-state index in [1.807, 2.05) is 37.4 Å². The van der Waals surface area contributed by atoms with Crippen LogP contribution in [0.1, 0.15) is 25.8 Å². The topological polar surface area (TPSA) is 34.0 Å². The van der Waals surface area contributed by atoms with Crippen LogP contribution in [-0.4, -0.2) is 19.2 Å². The first-order valence-electron chi connectivity index (χ1n) is 5.56. The molecule has 2 rings (SSSR count). The second kappa shape index (κ2) is 4.47. The summed E-state index contributed by atoms with van der Waals surface area (Å²) in [6.45, 7) is 4.88. The van der Waals surface area contributed by atoms with Gasteiger partial charge in [-0.15, -0.1) is 0 Å². The average molecular weight is 216 g/mol. The maximum absolute atomic E-state index is 5.60. The zero-order valence-corrected chi connectivity index (χ0v) is 9.68.